The van der Waals surface area contributed by atoms with E-state index in [9.17, 15) is 0 Å². The molecule has 3 rings (SSSR count). The van der Waals surface area contributed by atoms with Crippen LogP contribution < -0.4 is 10.2 Å². The number of hydrogen-bond donors (Lipinski definition) is 1. The summed E-state index contributed by atoms with van der Waals surface area (Å²) in [4.78, 5) is 7.36. The van der Waals surface area contributed by atoms with E-state index >= 15 is 0 Å². The molecule has 1 N–H and O–H groups in total. The number of rotatable bonds is 4. The Kier molecular flexibility index (Phi) is 3.74. The Balaban J connectivity index is 1.81. The first-order valence-electron chi connectivity index (χ1n) is 7.69. The van der Waals surface area contributed by atoms with Gasteiger partial charge >= 0.3 is 0 Å². The van der Waals surface area contributed by atoms with Crippen LogP contribution in [-0.4, -0.2) is 25.1 Å². The van der Waals surface area contributed by atoms with Crippen molar-refractivity contribution in [1.29, 1.82) is 0 Å². The van der Waals surface area contributed by atoms with Crippen LogP contribution in [-0.2, 0) is 13.0 Å². The molecule has 104 valence electrons. The van der Waals surface area contributed by atoms with Gasteiger partial charge in [0.1, 0.15) is 5.82 Å². The topological polar surface area (TPSA) is 28.2 Å². The molecular weight excluding hydrogens is 234 g/mol. The van der Waals surface area contributed by atoms with Crippen molar-refractivity contribution in [2.45, 2.75) is 39.2 Å². The molecule has 1 saturated heterocycles. The zero-order valence-electron chi connectivity index (χ0n) is 12.2. The Morgan fingerprint density at radius 1 is 1.26 bits per heavy atom. The van der Waals surface area contributed by atoms with Gasteiger partial charge in [-0.05, 0) is 55.8 Å². The van der Waals surface area contributed by atoms with Crippen LogP contribution in [0.25, 0.3) is 0 Å². The smallest absolute Gasteiger partial charge is 0.129 e. The van der Waals surface area contributed by atoms with E-state index in [1.165, 1.54) is 49.4 Å². The molecule has 0 bridgehead atoms. The summed E-state index contributed by atoms with van der Waals surface area (Å²) in [6.45, 7) is 5.57. The Morgan fingerprint density at radius 2 is 2.00 bits per heavy atom. The van der Waals surface area contributed by atoms with Crippen molar-refractivity contribution < 1.29 is 0 Å². The molecule has 2 atom stereocenters. The minimum atomic E-state index is 0.930. The van der Waals surface area contributed by atoms with Crippen LogP contribution in [0.4, 0.5) is 5.82 Å². The number of nitrogens with zero attached hydrogens (tertiary/aromatic N) is 2. The Bertz CT molecular complexity index is 432. The SMILES string of the molecule is CCc1cc(CNC)cc(N2CC3CCCC3C2)n1. The molecule has 1 aliphatic heterocycles. The average molecular weight is 259 g/mol. The fourth-order valence-electron chi connectivity index (χ4n) is 3.70. The Labute approximate surface area is 116 Å². The van der Waals surface area contributed by atoms with Gasteiger partial charge in [0.05, 0.1) is 0 Å². The normalized spacial score (nSPS) is 25.9. The summed E-state index contributed by atoms with van der Waals surface area (Å²) >= 11 is 0. The first-order valence-corrected chi connectivity index (χ1v) is 7.69. The maximum atomic E-state index is 4.84. The number of aromatic nitrogens is 1. The van der Waals surface area contributed by atoms with Crippen molar-refractivity contribution in [3.8, 4) is 0 Å². The molecule has 1 aromatic rings. The predicted octanol–water partition coefficient (Wildman–Crippen LogP) is 2.60. The van der Waals surface area contributed by atoms with E-state index in [1.807, 2.05) is 7.05 Å². The van der Waals surface area contributed by atoms with E-state index in [0.29, 0.717) is 0 Å². The summed E-state index contributed by atoms with van der Waals surface area (Å²) in [6, 6.07) is 4.51. The molecule has 0 spiro atoms. The highest BCUT2D eigenvalue weighted by molar-refractivity contribution is 5.44. The fraction of sp³-hybridized carbons (Fsp3) is 0.688. The minimum Gasteiger partial charge on any atom is -0.356 e. The lowest BCUT2D eigenvalue weighted by molar-refractivity contribution is 0.494. The molecule has 19 heavy (non-hydrogen) atoms. The molecule has 3 nitrogen and oxygen atoms in total. The number of fused-ring (bicyclic) bond motifs is 1. The lowest BCUT2D eigenvalue weighted by Gasteiger charge is -2.20. The third-order valence-electron chi connectivity index (χ3n) is 4.72. The van der Waals surface area contributed by atoms with Gasteiger partial charge in [0, 0.05) is 25.3 Å². The van der Waals surface area contributed by atoms with Crippen LogP contribution in [0.5, 0.6) is 0 Å². The van der Waals surface area contributed by atoms with Gasteiger partial charge in [0.15, 0.2) is 0 Å². The molecular formula is C16H25N3. The number of anilines is 1. The molecule has 1 aliphatic carbocycles. The average Bonchev–Trinajstić information content (AvgIpc) is 2.99. The maximum absolute atomic E-state index is 4.84. The van der Waals surface area contributed by atoms with Crippen LogP contribution >= 0.6 is 0 Å². The molecule has 0 radical (unpaired) electrons. The van der Waals surface area contributed by atoms with E-state index in [1.54, 1.807) is 0 Å². The lowest BCUT2D eigenvalue weighted by atomic mass is 10.0. The second-order valence-electron chi connectivity index (χ2n) is 6.06. The quantitative estimate of drug-likeness (QED) is 0.901. The van der Waals surface area contributed by atoms with Gasteiger partial charge in [0.2, 0.25) is 0 Å². The molecule has 2 fully saturated rings. The van der Waals surface area contributed by atoms with Crippen molar-refractivity contribution in [2.75, 3.05) is 25.0 Å². The fourth-order valence-corrected chi connectivity index (χ4v) is 3.70. The monoisotopic (exact) mass is 259 g/mol. The zero-order chi connectivity index (χ0) is 13.2. The van der Waals surface area contributed by atoms with E-state index in [2.05, 4.69) is 29.3 Å². The van der Waals surface area contributed by atoms with Gasteiger partial charge < -0.3 is 10.2 Å². The molecule has 2 heterocycles. The van der Waals surface area contributed by atoms with Gasteiger partial charge in [-0.3, -0.25) is 0 Å². The van der Waals surface area contributed by atoms with Gasteiger partial charge in [-0.1, -0.05) is 13.3 Å². The standard InChI is InChI=1S/C16H25N3/c1-3-15-7-12(9-17-2)8-16(18-15)19-10-13-5-4-6-14(13)11-19/h7-8,13-14,17H,3-6,9-11H2,1-2H3. The summed E-state index contributed by atoms with van der Waals surface area (Å²) in [6.07, 6.45) is 5.32. The lowest BCUT2D eigenvalue weighted by Crippen LogP contribution is -2.22. The van der Waals surface area contributed by atoms with Gasteiger partial charge in [-0.2, -0.15) is 0 Å². The Hall–Kier alpha value is -1.09. The van der Waals surface area contributed by atoms with E-state index in [-0.39, 0.29) is 0 Å². The number of hydrogen-bond acceptors (Lipinski definition) is 3. The van der Waals surface area contributed by atoms with Crippen LogP contribution in [0, 0.1) is 11.8 Å². The molecule has 0 aromatic carbocycles. The maximum Gasteiger partial charge on any atom is 0.129 e. The van der Waals surface area contributed by atoms with E-state index in [0.717, 1.165) is 24.8 Å². The summed E-state index contributed by atoms with van der Waals surface area (Å²) in [5.41, 5.74) is 2.58. The van der Waals surface area contributed by atoms with Crippen molar-refractivity contribution in [2.24, 2.45) is 11.8 Å². The summed E-state index contributed by atoms with van der Waals surface area (Å²) < 4.78 is 0. The van der Waals surface area contributed by atoms with Gasteiger partial charge in [0.25, 0.3) is 0 Å². The third kappa shape index (κ3) is 2.62. The first-order chi connectivity index (χ1) is 9.30. The van der Waals surface area contributed by atoms with Crippen LogP contribution in [0.15, 0.2) is 12.1 Å². The van der Waals surface area contributed by atoms with Crippen LogP contribution in [0.1, 0.15) is 37.4 Å². The minimum absolute atomic E-state index is 0.930. The van der Waals surface area contributed by atoms with Crippen molar-refractivity contribution in [1.82, 2.24) is 10.3 Å². The zero-order valence-corrected chi connectivity index (χ0v) is 12.2. The molecule has 1 aromatic heterocycles. The highest BCUT2D eigenvalue weighted by Gasteiger charge is 2.36. The van der Waals surface area contributed by atoms with Crippen molar-refractivity contribution in [3.63, 3.8) is 0 Å². The van der Waals surface area contributed by atoms with E-state index in [4.69, 9.17) is 4.98 Å². The van der Waals surface area contributed by atoms with Crippen LogP contribution in [0.2, 0.25) is 0 Å². The summed E-state index contributed by atoms with van der Waals surface area (Å²) in [7, 11) is 2.01. The summed E-state index contributed by atoms with van der Waals surface area (Å²) in [5.74, 6) is 3.07. The number of pyridine rings is 1. The Morgan fingerprint density at radius 3 is 2.63 bits per heavy atom. The highest BCUT2D eigenvalue weighted by Crippen LogP contribution is 2.39. The van der Waals surface area contributed by atoms with Gasteiger partial charge in [-0.25, -0.2) is 4.98 Å². The number of aryl methyl sites for hydroxylation is 1. The number of nitrogens with one attached hydrogen (secondary N) is 1. The first kappa shape index (κ1) is 12.9. The summed E-state index contributed by atoms with van der Waals surface area (Å²) in [5, 5.41) is 3.25. The van der Waals surface area contributed by atoms with Crippen molar-refractivity contribution >= 4 is 5.82 Å². The second kappa shape index (κ2) is 5.49. The molecule has 1 saturated carbocycles. The second-order valence-corrected chi connectivity index (χ2v) is 6.06. The highest BCUT2D eigenvalue weighted by atomic mass is 15.2. The molecule has 0 amide bonds. The third-order valence-corrected chi connectivity index (χ3v) is 4.72. The molecule has 2 unspecified atom stereocenters. The predicted molar refractivity (Wildman–Crippen MR) is 79.4 cm³/mol. The van der Waals surface area contributed by atoms with Crippen LogP contribution in [0.3, 0.4) is 0 Å². The largest absolute Gasteiger partial charge is 0.356 e. The molecule has 3 heteroatoms. The van der Waals surface area contributed by atoms with Gasteiger partial charge in [-0.15, -0.1) is 0 Å². The van der Waals surface area contributed by atoms with E-state index < -0.39 is 0 Å². The van der Waals surface area contributed by atoms with Crippen molar-refractivity contribution in [3.05, 3.63) is 23.4 Å². The molecule has 2 aliphatic rings.